The van der Waals surface area contributed by atoms with Gasteiger partial charge in [0.2, 0.25) is 0 Å². The first kappa shape index (κ1) is 21.2. The molecule has 0 radical (unpaired) electrons. The van der Waals surface area contributed by atoms with Crippen molar-refractivity contribution in [2.45, 2.75) is 26.8 Å². The van der Waals surface area contributed by atoms with E-state index >= 15 is 0 Å². The summed E-state index contributed by atoms with van der Waals surface area (Å²) < 4.78 is 14.8. The van der Waals surface area contributed by atoms with E-state index in [1.807, 2.05) is 51.1 Å². The summed E-state index contributed by atoms with van der Waals surface area (Å²) in [7, 11) is 0. The van der Waals surface area contributed by atoms with E-state index in [2.05, 4.69) is 25.7 Å². The van der Waals surface area contributed by atoms with Gasteiger partial charge in [0.05, 0.1) is 18.1 Å². The first-order chi connectivity index (χ1) is 15.4. The summed E-state index contributed by atoms with van der Waals surface area (Å²) in [6, 6.07) is 14.9. The molecule has 0 aliphatic carbocycles. The highest BCUT2D eigenvalue weighted by Gasteiger charge is 2.11. The number of carbonyl (C=O) groups is 1. The molecule has 7 nitrogen and oxygen atoms in total. The molecule has 1 atom stereocenters. The summed E-state index contributed by atoms with van der Waals surface area (Å²) in [6.07, 6.45) is 3.34. The maximum Gasteiger partial charge on any atom is 0.255 e. The Balaban J connectivity index is 1.42. The number of nitrogens with one attached hydrogen (secondary N) is 2. The lowest BCUT2D eigenvalue weighted by Crippen LogP contribution is -2.13. The number of halogens is 1. The minimum atomic E-state index is -0.377. The Labute approximate surface area is 185 Å². The van der Waals surface area contributed by atoms with E-state index in [-0.39, 0.29) is 17.8 Å². The second-order valence-corrected chi connectivity index (χ2v) is 7.55. The zero-order valence-electron chi connectivity index (χ0n) is 18.0. The Kier molecular flexibility index (Phi) is 5.93. The van der Waals surface area contributed by atoms with Crippen LogP contribution in [0, 0.1) is 19.7 Å². The minimum absolute atomic E-state index is 0.0399. The van der Waals surface area contributed by atoms with E-state index in [1.165, 1.54) is 24.3 Å². The third kappa shape index (κ3) is 4.80. The zero-order chi connectivity index (χ0) is 22.7. The van der Waals surface area contributed by atoms with E-state index in [0.29, 0.717) is 22.9 Å². The van der Waals surface area contributed by atoms with E-state index in [1.54, 1.807) is 17.1 Å². The van der Waals surface area contributed by atoms with Crippen molar-refractivity contribution in [3.8, 4) is 5.82 Å². The fraction of sp³-hybridized carbons (Fsp3) is 0.167. The van der Waals surface area contributed by atoms with E-state index in [9.17, 15) is 9.18 Å². The van der Waals surface area contributed by atoms with Crippen LogP contribution in [-0.2, 0) is 0 Å². The van der Waals surface area contributed by atoms with Crippen LogP contribution in [0.1, 0.15) is 40.3 Å². The third-order valence-electron chi connectivity index (χ3n) is 4.99. The number of carbonyl (C=O) groups excluding carboxylic acids is 1. The van der Waals surface area contributed by atoms with Crippen LogP contribution in [-0.4, -0.2) is 25.7 Å². The largest absolute Gasteiger partial charge is 0.362 e. The Bertz CT molecular complexity index is 1230. The summed E-state index contributed by atoms with van der Waals surface area (Å²) in [4.78, 5) is 21.2. The van der Waals surface area contributed by atoms with Crippen LogP contribution >= 0.6 is 0 Å². The number of benzene rings is 2. The van der Waals surface area contributed by atoms with Gasteiger partial charge in [-0.3, -0.25) is 9.78 Å². The molecular formula is C24H23FN6O. The van der Waals surface area contributed by atoms with Gasteiger partial charge in [-0.25, -0.2) is 14.1 Å². The molecule has 0 spiro atoms. The smallest absolute Gasteiger partial charge is 0.255 e. The van der Waals surface area contributed by atoms with Gasteiger partial charge in [-0.15, -0.1) is 0 Å². The number of amides is 1. The molecule has 0 saturated heterocycles. The fourth-order valence-electron chi connectivity index (χ4n) is 3.35. The monoisotopic (exact) mass is 430 g/mol. The van der Waals surface area contributed by atoms with E-state index < -0.39 is 0 Å². The van der Waals surface area contributed by atoms with Crippen molar-refractivity contribution in [1.82, 2.24) is 19.7 Å². The van der Waals surface area contributed by atoms with Crippen molar-refractivity contribution in [2.75, 3.05) is 10.6 Å². The Hall–Kier alpha value is -4.07. The van der Waals surface area contributed by atoms with Crippen LogP contribution in [0.5, 0.6) is 0 Å². The average Bonchev–Trinajstić information content (AvgIpc) is 3.12. The van der Waals surface area contributed by atoms with Crippen molar-refractivity contribution in [3.05, 3.63) is 95.3 Å². The second-order valence-electron chi connectivity index (χ2n) is 7.55. The predicted molar refractivity (Wildman–Crippen MR) is 121 cm³/mol. The summed E-state index contributed by atoms with van der Waals surface area (Å²) >= 11 is 0. The van der Waals surface area contributed by atoms with Gasteiger partial charge in [-0.05, 0) is 68.8 Å². The molecule has 4 aromatic rings. The van der Waals surface area contributed by atoms with Gasteiger partial charge < -0.3 is 10.6 Å². The standard InChI is InChI=1S/C24H23FN6O/c1-15-12-16(2)31(30-15)23-14-26-13-22(29-23)27-17(3)18-6-10-21(11-7-18)28-24(32)19-4-8-20(25)9-5-19/h4-14,17H,1-3H3,(H,27,29)(H,28,32). The van der Waals surface area contributed by atoms with Crippen molar-refractivity contribution < 1.29 is 9.18 Å². The normalized spacial score (nSPS) is 11.8. The van der Waals surface area contributed by atoms with Gasteiger partial charge >= 0.3 is 0 Å². The summed E-state index contributed by atoms with van der Waals surface area (Å²) in [6.45, 7) is 5.93. The van der Waals surface area contributed by atoms with Crippen LogP contribution in [0.2, 0.25) is 0 Å². The molecule has 4 rings (SSSR count). The van der Waals surface area contributed by atoms with Crippen LogP contribution in [0.4, 0.5) is 15.9 Å². The number of aryl methyl sites for hydroxylation is 2. The van der Waals surface area contributed by atoms with Crippen LogP contribution < -0.4 is 10.6 Å². The van der Waals surface area contributed by atoms with E-state index in [0.717, 1.165) is 17.0 Å². The predicted octanol–water partition coefficient (Wildman–Crippen LogP) is 4.84. The zero-order valence-corrected chi connectivity index (χ0v) is 18.0. The Morgan fingerprint density at radius 3 is 2.41 bits per heavy atom. The van der Waals surface area contributed by atoms with Crippen molar-refractivity contribution >= 4 is 17.4 Å². The lowest BCUT2D eigenvalue weighted by molar-refractivity contribution is 0.102. The lowest BCUT2D eigenvalue weighted by Gasteiger charge is -2.16. The molecule has 2 heterocycles. The number of aromatic nitrogens is 4. The van der Waals surface area contributed by atoms with Gasteiger partial charge in [-0.1, -0.05) is 12.1 Å². The third-order valence-corrected chi connectivity index (χ3v) is 4.99. The fourth-order valence-corrected chi connectivity index (χ4v) is 3.35. The van der Waals surface area contributed by atoms with Gasteiger partial charge in [0.25, 0.3) is 5.91 Å². The number of nitrogens with zero attached hydrogens (tertiary/aromatic N) is 4. The lowest BCUT2D eigenvalue weighted by atomic mass is 10.1. The van der Waals surface area contributed by atoms with Crippen molar-refractivity contribution in [2.24, 2.45) is 0 Å². The van der Waals surface area contributed by atoms with Crippen LogP contribution in [0.25, 0.3) is 5.82 Å². The molecule has 2 N–H and O–H groups in total. The molecule has 0 fully saturated rings. The quantitative estimate of drug-likeness (QED) is 0.457. The van der Waals surface area contributed by atoms with Crippen molar-refractivity contribution in [1.29, 1.82) is 0 Å². The maximum absolute atomic E-state index is 13.0. The first-order valence-electron chi connectivity index (χ1n) is 10.2. The average molecular weight is 430 g/mol. The molecule has 32 heavy (non-hydrogen) atoms. The van der Waals surface area contributed by atoms with Gasteiger partial charge in [-0.2, -0.15) is 5.10 Å². The number of hydrogen-bond donors (Lipinski definition) is 2. The minimum Gasteiger partial charge on any atom is -0.362 e. The highest BCUT2D eigenvalue weighted by molar-refractivity contribution is 6.04. The SMILES string of the molecule is Cc1cc(C)n(-c2cncc(NC(C)c3ccc(NC(=O)c4ccc(F)cc4)cc3)n2)n1. The second kappa shape index (κ2) is 8.97. The molecule has 0 aliphatic rings. The topological polar surface area (TPSA) is 84.7 Å². The Morgan fingerprint density at radius 2 is 1.75 bits per heavy atom. The molecule has 1 unspecified atom stereocenters. The van der Waals surface area contributed by atoms with Gasteiger partial charge in [0, 0.05) is 23.0 Å². The molecular weight excluding hydrogens is 407 g/mol. The summed E-state index contributed by atoms with van der Waals surface area (Å²) in [5.74, 6) is 0.612. The first-order valence-corrected chi connectivity index (χ1v) is 10.2. The molecule has 1 amide bonds. The van der Waals surface area contributed by atoms with Crippen LogP contribution in [0.15, 0.2) is 67.0 Å². The maximum atomic E-state index is 13.0. The number of rotatable bonds is 6. The molecule has 0 saturated carbocycles. The molecule has 0 bridgehead atoms. The molecule has 2 aromatic heterocycles. The highest BCUT2D eigenvalue weighted by Crippen LogP contribution is 2.21. The van der Waals surface area contributed by atoms with Crippen LogP contribution in [0.3, 0.4) is 0 Å². The molecule has 8 heteroatoms. The molecule has 2 aromatic carbocycles. The number of anilines is 2. The highest BCUT2D eigenvalue weighted by atomic mass is 19.1. The van der Waals surface area contributed by atoms with Crippen molar-refractivity contribution in [3.63, 3.8) is 0 Å². The summed E-state index contributed by atoms with van der Waals surface area (Å²) in [5.41, 5.74) is 3.97. The summed E-state index contributed by atoms with van der Waals surface area (Å²) in [5, 5.41) is 10.6. The molecule has 0 aliphatic heterocycles. The van der Waals surface area contributed by atoms with E-state index in [4.69, 9.17) is 0 Å². The van der Waals surface area contributed by atoms with Gasteiger partial charge in [0.1, 0.15) is 11.6 Å². The molecule has 162 valence electrons. The Morgan fingerprint density at radius 1 is 1.03 bits per heavy atom. The number of hydrogen-bond acceptors (Lipinski definition) is 5. The van der Waals surface area contributed by atoms with Gasteiger partial charge in [0.15, 0.2) is 5.82 Å².